The van der Waals surface area contributed by atoms with Crippen molar-refractivity contribution in [2.45, 2.75) is 82.4 Å². The minimum atomic E-state index is -0.710. The molecule has 2 N–H and O–H groups in total. The molecule has 2 atom stereocenters. The summed E-state index contributed by atoms with van der Waals surface area (Å²) < 4.78 is 11.8. The van der Waals surface area contributed by atoms with Gasteiger partial charge in [0.1, 0.15) is 23.2 Å². The number of aromatic nitrogens is 6. The largest absolute Gasteiger partial charge is 0.373 e. The molecule has 1 saturated carbocycles. The Morgan fingerprint density at radius 2 is 1.77 bits per heavy atom. The van der Waals surface area contributed by atoms with Crippen LogP contribution in [0.25, 0.3) is 22.1 Å². The number of hydrogen-bond acceptors (Lipinski definition) is 10. The fourth-order valence-electron chi connectivity index (χ4n) is 9.43. The maximum atomic E-state index is 13.5. The van der Waals surface area contributed by atoms with Gasteiger partial charge in [0.2, 0.25) is 17.8 Å². The molecule has 1 aromatic carbocycles. The number of anilines is 3. The lowest BCUT2D eigenvalue weighted by molar-refractivity contribution is -0.135. The highest BCUT2D eigenvalue weighted by Crippen LogP contribution is 2.45. The number of pyridine rings is 1. The van der Waals surface area contributed by atoms with Crippen LogP contribution in [0.2, 0.25) is 0 Å². The van der Waals surface area contributed by atoms with Crippen LogP contribution in [0.15, 0.2) is 53.6 Å². The van der Waals surface area contributed by atoms with E-state index in [9.17, 15) is 19.2 Å². The fraction of sp³-hybridized carbons (Fsp3) is 0.488. The second-order valence-electron chi connectivity index (χ2n) is 16.3. The van der Waals surface area contributed by atoms with E-state index in [1.807, 2.05) is 30.5 Å². The van der Waals surface area contributed by atoms with Crippen LogP contribution in [-0.2, 0) is 21.4 Å². The summed E-state index contributed by atoms with van der Waals surface area (Å²) in [5.41, 5.74) is 4.77. The molecule has 1 spiro atoms. The number of amides is 3. The normalized spacial score (nSPS) is 21.6. The first-order valence-corrected chi connectivity index (χ1v) is 19.8. The molecule has 9 rings (SSSR count). The number of nitrogens with one attached hydrogen (secondary N) is 2. The summed E-state index contributed by atoms with van der Waals surface area (Å²) in [4.78, 5) is 69.2. The summed E-state index contributed by atoms with van der Waals surface area (Å²) in [6.45, 7) is 2.34. The van der Waals surface area contributed by atoms with Crippen molar-refractivity contribution >= 4 is 57.2 Å². The lowest BCUT2D eigenvalue weighted by atomic mass is 9.73. The van der Waals surface area contributed by atoms with E-state index in [0.717, 1.165) is 92.3 Å². The number of rotatable bonds is 7. The number of piperidine rings is 2. The van der Waals surface area contributed by atoms with Gasteiger partial charge in [-0.3, -0.25) is 28.8 Å². The maximum Gasteiger partial charge on any atom is 0.329 e. The van der Waals surface area contributed by atoms with Gasteiger partial charge in [-0.1, -0.05) is 25.0 Å². The molecular formula is C41H48N10O5. The first-order chi connectivity index (χ1) is 27.1. The average Bonchev–Trinajstić information content (AvgIpc) is 3.93. The minimum absolute atomic E-state index is 0.0357. The third-order valence-electron chi connectivity index (χ3n) is 12.6. The molecule has 4 fully saturated rings. The molecule has 4 aromatic heterocycles. The zero-order valence-corrected chi connectivity index (χ0v) is 32.2. The third kappa shape index (κ3) is 6.31. The third-order valence-corrected chi connectivity index (χ3v) is 12.6. The second-order valence-corrected chi connectivity index (χ2v) is 16.3. The number of para-hydroxylation sites is 1. The Hall–Kier alpha value is -5.57. The van der Waals surface area contributed by atoms with Crippen molar-refractivity contribution in [1.29, 1.82) is 0 Å². The number of fused-ring (bicyclic) bond motifs is 2. The Bertz CT molecular complexity index is 2390. The standard InChI is InChI=1S/C41H48N10O5/c1-47(2)38(54)31-21-26-23-43-39(46-36(26)50(31)27-7-4-5-8-27)44-33-13-11-25(22-42-33)32-15-16-41(24-56-32)17-19-49(20-18-41)28-9-6-10-29-35(28)48(3)40(55)51(29)30-12-14-34(52)45-37(30)53/h6,9-11,13,21-23,27,30,32H,4-5,7-8,12,14-20,24H2,1-3H3,(H,45,52,53)(H,42,43,44,46)/t30-,32-/m1/s1. The van der Waals surface area contributed by atoms with Crippen molar-refractivity contribution in [1.82, 2.24) is 38.9 Å². The zero-order valence-electron chi connectivity index (χ0n) is 32.2. The molecular weight excluding hydrogens is 713 g/mol. The summed E-state index contributed by atoms with van der Waals surface area (Å²) in [7, 11) is 5.30. The number of hydrogen-bond donors (Lipinski definition) is 2. The van der Waals surface area contributed by atoms with Gasteiger partial charge >= 0.3 is 5.69 Å². The van der Waals surface area contributed by atoms with Gasteiger partial charge in [0.15, 0.2) is 0 Å². The van der Waals surface area contributed by atoms with E-state index < -0.39 is 11.9 Å². The van der Waals surface area contributed by atoms with E-state index in [1.165, 1.54) is 0 Å². The van der Waals surface area contributed by atoms with E-state index in [4.69, 9.17) is 14.7 Å². The lowest BCUT2D eigenvalue weighted by Gasteiger charge is -2.46. The van der Waals surface area contributed by atoms with Crippen LogP contribution in [0.3, 0.4) is 0 Å². The van der Waals surface area contributed by atoms with Crippen LogP contribution < -0.4 is 21.2 Å². The van der Waals surface area contributed by atoms with Crippen molar-refractivity contribution in [2.24, 2.45) is 12.5 Å². The molecule has 4 aliphatic rings. The van der Waals surface area contributed by atoms with Gasteiger partial charge in [0, 0.05) is 64.5 Å². The summed E-state index contributed by atoms with van der Waals surface area (Å²) in [5, 5.41) is 6.51. The lowest BCUT2D eigenvalue weighted by Crippen LogP contribution is -2.44. The maximum absolute atomic E-state index is 13.5. The predicted molar refractivity (Wildman–Crippen MR) is 211 cm³/mol. The quantitative estimate of drug-likeness (QED) is 0.212. The van der Waals surface area contributed by atoms with E-state index >= 15 is 0 Å². The van der Waals surface area contributed by atoms with Gasteiger partial charge in [0.25, 0.3) is 5.91 Å². The topological polar surface area (TPSA) is 162 Å². The average molecular weight is 761 g/mol. The number of nitrogens with zero attached hydrogens (tertiary/aromatic N) is 8. The molecule has 0 radical (unpaired) electrons. The number of ether oxygens (including phenoxy) is 1. The Morgan fingerprint density at radius 1 is 0.964 bits per heavy atom. The van der Waals surface area contributed by atoms with Crippen molar-refractivity contribution in [2.75, 3.05) is 44.0 Å². The zero-order chi connectivity index (χ0) is 38.7. The molecule has 1 aliphatic carbocycles. The Labute approximate surface area is 324 Å². The summed E-state index contributed by atoms with van der Waals surface area (Å²) in [6, 6.07) is 11.3. The van der Waals surface area contributed by atoms with E-state index in [0.29, 0.717) is 36.0 Å². The van der Waals surface area contributed by atoms with Gasteiger partial charge in [0.05, 0.1) is 29.4 Å². The number of carbonyl (C=O) groups excluding carboxylic acids is 3. The van der Waals surface area contributed by atoms with Crippen LogP contribution in [-0.4, -0.2) is 85.1 Å². The van der Waals surface area contributed by atoms with Crippen molar-refractivity contribution in [3.05, 3.63) is 70.5 Å². The summed E-state index contributed by atoms with van der Waals surface area (Å²) >= 11 is 0. The van der Waals surface area contributed by atoms with Crippen LogP contribution in [0.5, 0.6) is 0 Å². The fourth-order valence-corrected chi connectivity index (χ4v) is 9.43. The first kappa shape index (κ1) is 36.1. The highest BCUT2D eigenvalue weighted by atomic mass is 16.5. The van der Waals surface area contributed by atoms with Gasteiger partial charge < -0.3 is 24.4 Å². The van der Waals surface area contributed by atoms with Gasteiger partial charge in [-0.25, -0.2) is 14.8 Å². The molecule has 0 bridgehead atoms. The van der Waals surface area contributed by atoms with Crippen molar-refractivity contribution in [3.63, 3.8) is 0 Å². The molecule has 0 unspecified atom stereocenters. The molecule has 7 heterocycles. The van der Waals surface area contributed by atoms with Gasteiger partial charge in [-0.05, 0) is 80.2 Å². The van der Waals surface area contributed by atoms with Crippen LogP contribution >= 0.6 is 0 Å². The Kier molecular flexibility index (Phi) is 9.14. The first-order valence-electron chi connectivity index (χ1n) is 19.8. The van der Waals surface area contributed by atoms with Crippen LogP contribution in [0, 0.1) is 5.41 Å². The molecule has 56 heavy (non-hydrogen) atoms. The number of benzene rings is 1. The highest BCUT2D eigenvalue weighted by Gasteiger charge is 2.40. The molecule has 15 heteroatoms. The van der Waals surface area contributed by atoms with E-state index in [1.54, 1.807) is 41.4 Å². The molecule has 3 saturated heterocycles. The SMILES string of the molecule is CN(C)C(=O)c1cc2cnc(Nc3ccc([C@H]4CCC5(CCN(c6cccc7c6n(C)c(=O)n7[C@@H]6CCC(=O)NC6=O)CC5)CO4)cn3)nc2n1C1CCCC1. The number of imidazole rings is 1. The van der Waals surface area contributed by atoms with Crippen molar-refractivity contribution in [3.8, 4) is 0 Å². The van der Waals surface area contributed by atoms with Crippen molar-refractivity contribution < 1.29 is 19.1 Å². The molecule has 5 aromatic rings. The summed E-state index contributed by atoms with van der Waals surface area (Å²) in [6.07, 6.45) is 12.4. The minimum Gasteiger partial charge on any atom is -0.373 e. The molecule has 3 aliphatic heterocycles. The molecule has 3 amide bonds. The van der Waals surface area contributed by atoms with E-state index in [-0.39, 0.29) is 41.5 Å². The van der Waals surface area contributed by atoms with E-state index in [2.05, 4.69) is 37.2 Å². The Balaban J connectivity index is 0.845. The second kappa shape index (κ2) is 14.2. The van der Waals surface area contributed by atoms with Crippen LogP contribution in [0.4, 0.5) is 17.5 Å². The van der Waals surface area contributed by atoms with Gasteiger partial charge in [-0.15, -0.1) is 0 Å². The number of imide groups is 1. The smallest absolute Gasteiger partial charge is 0.329 e. The summed E-state index contributed by atoms with van der Waals surface area (Å²) in [5.74, 6) is 0.307. The number of aryl methyl sites for hydroxylation is 1. The van der Waals surface area contributed by atoms with Crippen LogP contribution in [0.1, 0.15) is 98.4 Å². The molecule has 15 nitrogen and oxygen atoms in total. The van der Waals surface area contributed by atoms with Gasteiger partial charge in [-0.2, -0.15) is 4.98 Å². The molecule has 292 valence electrons. The monoisotopic (exact) mass is 760 g/mol. The predicted octanol–water partition coefficient (Wildman–Crippen LogP) is 5.16. The number of carbonyl (C=O) groups is 3. The Morgan fingerprint density at radius 3 is 2.46 bits per heavy atom. The highest BCUT2D eigenvalue weighted by molar-refractivity contribution is 6.01.